The minimum Gasteiger partial charge on any atom is -0.465 e. The van der Waals surface area contributed by atoms with Gasteiger partial charge in [0.05, 0.1) is 13.0 Å². The first-order chi connectivity index (χ1) is 10.8. The van der Waals surface area contributed by atoms with Crippen LogP contribution in [0.25, 0.3) is 0 Å². The average Bonchev–Trinajstić information content (AvgIpc) is 2.56. The summed E-state index contributed by atoms with van der Waals surface area (Å²) >= 11 is 0. The number of aryl methyl sites for hydroxylation is 1. The number of hydrogen-bond acceptors (Lipinski definition) is 2. The fourth-order valence-electron chi connectivity index (χ4n) is 2.43. The van der Waals surface area contributed by atoms with Gasteiger partial charge in [-0.15, -0.1) is 0 Å². The summed E-state index contributed by atoms with van der Waals surface area (Å²) < 4.78 is 5.27. The zero-order valence-corrected chi connectivity index (χ0v) is 13.0. The van der Waals surface area contributed by atoms with E-state index in [-0.39, 0.29) is 5.97 Å². The van der Waals surface area contributed by atoms with Crippen molar-refractivity contribution < 1.29 is 9.53 Å². The van der Waals surface area contributed by atoms with Crippen molar-refractivity contribution in [2.45, 2.75) is 38.5 Å². The van der Waals surface area contributed by atoms with Crippen molar-refractivity contribution in [3.63, 3.8) is 0 Å². The zero-order valence-electron chi connectivity index (χ0n) is 13.0. The lowest BCUT2D eigenvalue weighted by molar-refractivity contribution is -0.142. The van der Waals surface area contributed by atoms with Crippen LogP contribution in [0, 0.1) is 0 Å². The van der Waals surface area contributed by atoms with Crippen LogP contribution in [0.15, 0.2) is 60.7 Å². The number of carbonyl (C=O) groups is 1. The molecule has 0 heterocycles. The normalized spacial score (nSPS) is 10.4. The van der Waals surface area contributed by atoms with Crippen LogP contribution in [0.5, 0.6) is 0 Å². The van der Waals surface area contributed by atoms with E-state index in [1.54, 1.807) is 0 Å². The van der Waals surface area contributed by atoms with Gasteiger partial charge in [-0.25, -0.2) is 0 Å². The van der Waals surface area contributed by atoms with Gasteiger partial charge in [0, 0.05) is 0 Å². The van der Waals surface area contributed by atoms with E-state index in [1.165, 1.54) is 18.4 Å². The first kappa shape index (κ1) is 16.3. The molecule has 0 amide bonds. The molecule has 0 aromatic heterocycles. The summed E-state index contributed by atoms with van der Waals surface area (Å²) in [5.74, 6) is -0.129. The summed E-state index contributed by atoms with van der Waals surface area (Å²) in [4.78, 5) is 11.7. The molecule has 0 spiro atoms. The highest BCUT2D eigenvalue weighted by molar-refractivity contribution is 5.72. The lowest BCUT2D eigenvalue weighted by Crippen LogP contribution is -2.09. The maximum Gasteiger partial charge on any atom is 0.310 e. The third-order valence-electron chi connectivity index (χ3n) is 3.66. The second kappa shape index (κ2) is 9.78. The highest BCUT2D eigenvalue weighted by Gasteiger charge is 2.03. The molecule has 0 saturated heterocycles. The van der Waals surface area contributed by atoms with Gasteiger partial charge in [-0.2, -0.15) is 0 Å². The molecule has 0 aliphatic carbocycles. The maximum atomic E-state index is 11.7. The van der Waals surface area contributed by atoms with Crippen LogP contribution in [0.2, 0.25) is 0 Å². The van der Waals surface area contributed by atoms with Crippen LogP contribution in [-0.2, 0) is 22.4 Å². The number of unbranched alkanes of at least 4 members (excludes halogenated alkanes) is 3. The van der Waals surface area contributed by atoms with Crippen LogP contribution in [0.1, 0.15) is 36.8 Å². The molecule has 0 fully saturated rings. The Hall–Kier alpha value is -2.09. The summed E-state index contributed by atoms with van der Waals surface area (Å²) in [5.41, 5.74) is 2.41. The molecule has 2 heteroatoms. The Labute approximate surface area is 133 Å². The molecule has 0 aliphatic rings. The van der Waals surface area contributed by atoms with Crippen molar-refractivity contribution in [1.29, 1.82) is 0 Å². The van der Waals surface area contributed by atoms with Crippen molar-refractivity contribution in [3.05, 3.63) is 71.8 Å². The molecule has 0 aliphatic heterocycles. The second-order valence-corrected chi connectivity index (χ2v) is 5.53. The molecule has 0 saturated carbocycles. The van der Waals surface area contributed by atoms with Gasteiger partial charge < -0.3 is 4.74 Å². The van der Waals surface area contributed by atoms with Gasteiger partial charge in [0.1, 0.15) is 0 Å². The van der Waals surface area contributed by atoms with Gasteiger partial charge in [0.25, 0.3) is 0 Å². The summed E-state index contributed by atoms with van der Waals surface area (Å²) in [6, 6.07) is 20.3. The summed E-state index contributed by atoms with van der Waals surface area (Å²) in [7, 11) is 0. The fourth-order valence-corrected chi connectivity index (χ4v) is 2.43. The number of rotatable bonds is 9. The van der Waals surface area contributed by atoms with Crippen molar-refractivity contribution in [3.8, 4) is 0 Å². The summed E-state index contributed by atoms with van der Waals surface area (Å²) in [6.07, 6.45) is 5.96. The van der Waals surface area contributed by atoms with Gasteiger partial charge in [-0.3, -0.25) is 4.79 Å². The van der Waals surface area contributed by atoms with E-state index in [2.05, 4.69) is 24.3 Å². The molecular weight excluding hydrogens is 272 g/mol. The Balaban J connectivity index is 1.48. The number of carbonyl (C=O) groups excluding carboxylic acids is 1. The molecule has 0 N–H and O–H groups in total. The monoisotopic (exact) mass is 296 g/mol. The molecule has 2 aromatic carbocycles. The summed E-state index contributed by atoms with van der Waals surface area (Å²) in [6.45, 7) is 0.539. The van der Waals surface area contributed by atoms with Gasteiger partial charge in [-0.05, 0) is 30.4 Å². The smallest absolute Gasteiger partial charge is 0.310 e. The van der Waals surface area contributed by atoms with Gasteiger partial charge in [0.2, 0.25) is 0 Å². The number of benzene rings is 2. The number of ether oxygens (including phenoxy) is 1. The SMILES string of the molecule is O=C(Cc1ccccc1)OCCCCCCc1ccccc1. The molecule has 2 aromatic rings. The van der Waals surface area contributed by atoms with E-state index in [9.17, 15) is 4.79 Å². The Bertz CT molecular complexity index is 534. The minimum atomic E-state index is -0.129. The lowest BCUT2D eigenvalue weighted by atomic mass is 10.1. The Morgan fingerprint density at radius 3 is 2.00 bits per heavy atom. The Kier molecular flexibility index (Phi) is 7.24. The van der Waals surface area contributed by atoms with Gasteiger partial charge in [0.15, 0.2) is 0 Å². The van der Waals surface area contributed by atoms with Gasteiger partial charge >= 0.3 is 5.97 Å². The predicted molar refractivity (Wildman–Crippen MR) is 89.7 cm³/mol. The van der Waals surface area contributed by atoms with E-state index in [4.69, 9.17) is 4.74 Å². The molecule has 116 valence electrons. The quantitative estimate of drug-likeness (QED) is 0.500. The van der Waals surface area contributed by atoms with Gasteiger partial charge in [-0.1, -0.05) is 73.5 Å². The summed E-state index contributed by atoms with van der Waals surface area (Å²) in [5, 5.41) is 0. The first-order valence-corrected chi connectivity index (χ1v) is 8.08. The van der Waals surface area contributed by atoms with Crippen LogP contribution < -0.4 is 0 Å². The highest BCUT2D eigenvalue weighted by atomic mass is 16.5. The average molecular weight is 296 g/mol. The topological polar surface area (TPSA) is 26.3 Å². The highest BCUT2D eigenvalue weighted by Crippen LogP contribution is 2.08. The molecule has 0 bridgehead atoms. The van der Waals surface area contributed by atoms with Crippen molar-refractivity contribution in [2.24, 2.45) is 0 Å². The molecule has 22 heavy (non-hydrogen) atoms. The lowest BCUT2D eigenvalue weighted by Gasteiger charge is -2.05. The third-order valence-corrected chi connectivity index (χ3v) is 3.66. The predicted octanol–water partition coefficient (Wildman–Crippen LogP) is 4.58. The zero-order chi connectivity index (χ0) is 15.5. The van der Waals surface area contributed by atoms with E-state index in [1.807, 2.05) is 36.4 Å². The van der Waals surface area contributed by atoms with Crippen LogP contribution in [-0.4, -0.2) is 12.6 Å². The Morgan fingerprint density at radius 1 is 0.727 bits per heavy atom. The maximum absolute atomic E-state index is 11.7. The van der Waals surface area contributed by atoms with Crippen molar-refractivity contribution in [2.75, 3.05) is 6.61 Å². The van der Waals surface area contributed by atoms with Crippen molar-refractivity contribution in [1.82, 2.24) is 0 Å². The van der Waals surface area contributed by atoms with E-state index < -0.39 is 0 Å². The minimum absolute atomic E-state index is 0.129. The van der Waals surface area contributed by atoms with E-state index in [0.29, 0.717) is 13.0 Å². The molecule has 0 radical (unpaired) electrons. The van der Waals surface area contributed by atoms with Crippen LogP contribution in [0.3, 0.4) is 0 Å². The van der Waals surface area contributed by atoms with Crippen LogP contribution in [0.4, 0.5) is 0 Å². The van der Waals surface area contributed by atoms with E-state index in [0.717, 1.165) is 24.8 Å². The number of hydrogen-bond donors (Lipinski definition) is 0. The standard InChI is InChI=1S/C20H24O2/c21-20(17-19-14-8-4-9-15-19)22-16-10-2-1-5-11-18-12-6-3-7-13-18/h3-4,6-9,12-15H,1-2,5,10-11,16-17H2. The fraction of sp³-hybridized carbons (Fsp3) is 0.350. The number of esters is 1. The molecule has 2 nitrogen and oxygen atoms in total. The molecule has 2 rings (SSSR count). The van der Waals surface area contributed by atoms with Crippen molar-refractivity contribution >= 4 is 5.97 Å². The molecule has 0 unspecified atom stereocenters. The van der Waals surface area contributed by atoms with Crippen LogP contribution >= 0.6 is 0 Å². The Morgan fingerprint density at radius 2 is 1.32 bits per heavy atom. The second-order valence-electron chi connectivity index (χ2n) is 5.53. The molecule has 0 atom stereocenters. The third kappa shape index (κ3) is 6.57. The molecular formula is C20H24O2. The largest absolute Gasteiger partial charge is 0.465 e. The first-order valence-electron chi connectivity index (χ1n) is 8.08. The van der Waals surface area contributed by atoms with E-state index >= 15 is 0 Å².